The van der Waals surface area contributed by atoms with Crippen LogP contribution in [0.25, 0.3) is 22.3 Å². The van der Waals surface area contributed by atoms with Crippen molar-refractivity contribution in [3.8, 4) is 17.1 Å². The first-order valence-electron chi connectivity index (χ1n) is 10.7. The second-order valence-electron chi connectivity index (χ2n) is 8.79. The Hall–Kier alpha value is -4.02. The number of rotatable bonds is 6. The van der Waals surface area contributed by atoms with E-state index in [2.05, 4.69) is 25.2 Å². The normalized spacial score (nSPS) is 13.0. The van der Waals surface area contributed by atoms with Gasteiger partial charge in [0.25, 0.3) is 0 Å². The molecule has 0 saturated heterocycles. The van der Waals surface area contributed by atoms with Crippen LogP contribution in [0.2, 0.25) is 0 Å². The number of nitrogens with zero attached hydrogens (tertiary/aromatic N) is 2. The number of alkyl carbamates (subject to hydrolysis) is 1. The van der Waals surface area contributed by atoms with Crippen LogP contribution in [0.5, 0.6) is 5.75 Å². The van der Waals surface area contributed by atoms with Crippen molar-refractivity contribution in [3.05, 3.63) is 66.2 Å². The molecule has 8 nitrogen and oxygen atoms in total. The van der Waals surface area contributed by atoms with E-state index < -0.39 is 24.1 Å². The number of halogens is 3. The molecule has 0 aliphatic carbocycles. The molecule has 0 aliphatic heterocycles. The molecule has 2 aromatic heterocycles. The van der Waals surface area contributed by atoms with E-state index >= 15 is 0 Å². The van der Waals surface area contributed by atoms with Crippen LogP contribution in [0.15, 0.2) is 59.3 Å². The Kier molecular flexibility index (Phi) is 6.42. The highest BCUT2D eigenvalue weighted by Gasteiger charge is 2.31. The number of ether oxygens (including phenoxy) is 2. The van der Waals surface area contributed by atoms with Crippen LogP contribution in [0.4, 0.5) is 18.0 Å². The van der Waals surface area contributed by atoms with Gasteiger partial charge in [0.2, 0.25) is 11.7 Å². The molecule has 0 bridgehead atoms. The van der Waals surface area contributed by atoms with Gasteiger partial charge in [0.15, 0.2) is 0 Å². The van der Waals surface area contributed by atoms with Crippen molar-refractivity contribution >= 4 is 17.0 Å². The van der Waals surface area contributed by atoms with Crippen molar-refractivity contribution < 1.29 is 32.0 Å². The van der Waals surface area contributed by atoms with Crippen LogP contribution in [0, 0.1) is 0 Å². The summed E-state index contributed by atoms with van der Waals surface area (Å²) in [6.45, 7) is 5.24. The van der Waals surface area contributed by atoms with Crippen LogP contribution < -0.4 is 10.1 Å². The van der Waals surface area contributed by atoms with Crippen LogP contribution in [-0.4, -0.2) is 33.2 Å². The molecule has 0 unspecified atom stereocenters. The Morgan fingerprint density at radius 3 is 2.51 bits per heavy atom. The predicted octanol–water partition coefficient (Wildman–Crippen LogP) is 5.93. The van der Waals surface area contributed by atoms with Crippen molar-refractivity contribution in [1.29, 1.82) is 0 Å². The van der Waals surface area contributed by atoms with Crippen LogP contribution >= 0.6 is 0 Å². The lowest BCUT2D eigenvalue weighted by Gasteiger charge is -2.22. The zero-order valence-corrected chi connectivity index (χ0v) is 19.1. The van der Waals surface area contributed by atoms with Gasteiger partial charge in [-0.15, -0.1) is 13.2 Å². The summed E-state index contributed by atoms with van der Waals surface area (Å²) in [6.07, 6.45) is -3.28. The minimum atomic E-state index is -4.79. The molecule has 0 radical (unpaired) electrons. The van der Waals surface area contributed by atoms with Gasteiger partial charge in [-0.25, -0.2) is 4.79 Å². The first-order chi connectivity index (χ1) is 16.5. The Balaban J connectivity index is 1.59. The molecule has 4 rings (SSSR count). The molecule has 4 aromatic rings. The quantitative estimate of drug-likeness (QED) is 0.349. The second kappa shape index (κ2) is 9.32. The summed E-state index contributed by atoms with van der Waals surface area (Å²) < 4.78 is 51.9. The van der Waals surface area contributed by atoms with Crippen molar-refractivity contribution in [2.75, 3.05) is 0 Å². The number of carbonyl (C=O) groups excluding carboxylic acids is 1. The molecule has 1 amide bonds. The molecule has 0 spiro atoms. The van der Waals surface area contributed by atoms with E-state index in [1.54, 1.807) is 20.8 Å². The Labute approximate surface area is 198 Å². The Morgan fingerprint density at radius 2 is 1.83 bits per heavy atom. The van der Waals surface area contributed by atoms with Gasteiger partial charge >= 0.3 is 12.5 Å². The van der Waals surface area contributed by atoms with Gasteiger partial charge in [0.1, 0.15) is 17.4 Å². The molecular formula is C24H23F3N4O4. The van der Waals surface area contributed by atoms with Crippen LogP contribution in [0.3, 0.4) is 0 Å². The summed E-state index contributed by atoms with van der Waals surface area (Å²) >= 11 is 0. The summed E-state index contributed by atoms with van der Waals surface area (Å²) in [6, 6.07) is 12.1. The van der Waals surface area contributed by atoms with Crippen LogP contribution in [0.1, 0.15) is 38.3 Å². The average molecular weight is 488 g/mol. The number of nitrogens with one attached hydrogen (secondary N) is 2. The molecule has 0 aliphatic rings. The molecule has 2 aromatic carbocycles. The van der Waals surface area contributed by atoms with Gasteiger partial charge in [0, 0.05) is 29.1 Å². The number of carbonyl (C=O) groups is 1. The third-order valence-electron chi connectivity index (χ3n) is 4.88. The lowest BCUT2D eigenvalue weighted by molar-refractivity contribution is -0.274. The summed E-state index contributed by atoms with van der Waals surface area (Å²) in [7, 11) is 0. The molecule has 35 heavy (non-hydrogen) atoms. The average Bonchev–Trinajstić information content (AvgIpc) is 3.39. The second-order valence-corrected chi connectivity index (χ2v) is 8.79. The molecule has 0 fully saturated rings. The standard InChI is InChI=1S/C24H23F3N4O4/c1-23(2,3)34-22(32)29-19(12-15-13-28-18-7-5-4-6-17(15)18)21-30-20(31-35-21)14-8-10-16(11-9-14)33-24(25,26)27/h4-11,13,19,28H,12H2,1-3H3,(H,29,32)/t19-/m0/s1. The van der Waals surface area contributed by atoms with Gasteiger partial charge in [-0.3, -0.25) is 0 Å². The first-order valence-corrected chi connectivity index (χ1v) is 10.7. The third kappa shape index (κ3) is 6.31. The van der Waals surface area contributed by atoms with Gasteiger partial charge in [0.05, 0.1) is 0 Å². The Bertz CT molecular complexity index is 1310. The van der Waals surface area contributed by atoms with E-state index in [9.17, 15) is 18.0 Å². The number of aromatic amines is 1. The largest absolute Gasteiger partial charge is 0.573 e. The smallest absolute Gasteiger partial charge is 0.444 e. The highest BCUT2D eigenvalue weighted by atomic mass is 19.4. The van der Waals surface area contributed by atoms with Crippen molar-refractivity contribution in [2.45, 2.75) is 45.2 Å². The number of alkyl halides is 3. The van der Waals surface area contributed by atoms with E-state index in [4.69, 9.17) is 9.26 Å². The first kappa shape index (κ1) is 24.1. The van der Waals surface area contributed by atoms with Gasteiger partial charge < -0.3 is 24.3 Å². The predicted molar refractivity (Wildman–Crippen MR) is 121 cm³/mol. The number of benzene rings is 2. The fourth-order valence-corrected chi connectivity index (χ4v) is 3.47. The maximum Gasteiger partial charge on any atom is 0.573 e. The number of para-hydroxylation sites is 1. The minimum absolute atomic E-state index is 0.117. The molecule has 2 N–H and O–H groups in total. The lowest BCUT2D eigenvalue weighted by Crippen LogP contribution is -2.35. The van der Waals surface area contributed by atoms with Crippen molar-refractivity contribution in [2.24, 2.45) is 0 Å². The minimum Gasteiger partial charge on any atom is -0.444 e. The highest BCUT2D eigenvalue weighted by Crippen LogP contribution is 2.28. The Morgan fingerprint density at radius 1 is 1.11 bits per heavy atom. The number of amides is 1. The van der Waals surface area contributed by atoms with Crippen molar-refractivity contribution in [3.63, 3.8) is 0 Å². The van der Waals surface area contributed by atoms with E-state index in [0.717, 1.165) is 28.6 Å². The number of hydrogen-bond donors (Lipinski definition) is 2. The van der Waals surface area contributed by atoms with E-state index in [1.165, 1.54) is 12.1 Å². The van der Waals surface area contributed by atoms with Gasteiger partial charge in [-0.1, -0.05) is 23.4 Å². The number of fused-ring (bicyclic) bond motifs is 1. The summed E-state index contributed by atoms with van der Waals surface area (Å²) in [5, 5.41) is 7.69. The fraction of sp³-hybridized carbons (Fsp3) is 0.292. The maximum absolute atomic E-state index is 12.5. The summed E-state index contributed by atoms with van der Waals surface area (Å²) in [4.78, 5) is 20.1. The zero-order valence-electron chi connectivity index (χ0n) is 19.1. The molecule has 1 atom stereocenters. The molecular weight excluding hydrogens is 465 g/mol. The number of hydrogen-bond acceptors (Lipinski definition) is 6. The van der Waals surface area contributed by atoms with Crippen molar-refractivity contribution in [1.82, 2.24) is 20.4 Å². The van der Waals surface area contributed by atoms with E-state index in [0.29, 0.717) is 12.0 Å². The summed E-state index contributed by atoms with van der Waals surface area (Å²) in [5.74, 6) is -0.103. The van der Waals surface area contributed by atoms with Gasteiger partial charge in [-0.05, 0) is 56.7 Å². The summed E-state index contributed by atoms with van der Waals surface area (Å²) in [5.41, 5.74) is 1.55. The molecule has 0 saturated carbocycles. The topological polar surface area (TPSA) is 102 Å². The number of H-pyrrole nitrogens is 1. The van der Waals surface area contributed by atoms with Gasteiger partial charge in [-0.2, -0.15) is 4.98 Å². The molecule has 184 valence electrons. The zero-order chi connectivity index (χ0) is 25.2. The third-order valence-corrected chi connectivity index (χ3v) is 4.88. The molecule has 2 heterocycles. The van der Waals surface area contributed by atoms with E-state index in [1.807, 2.05) is 30.5 Å². The fourth-order valence-electron chi connectivity index (χ4n) is 3.47. The van der Waals surface area contributed by atoms with E-state index in [-0.39, 0.29) is 17.5 Å². The number of aromatic nitrogens is 3. The monoisotopic (exact) mass is 488 g/mol. The maximum atomic E-state index is 12.5. The van der Waals surface area contributed by atoms with Crippen LogP contribution in [-0.2, 0) is 11.2 Å². The lowest BCUT2D eigenvalue weighted by atomic mass is 10.0. The molecule has 11 heteroatoms. The SMILES string of the molecule is CC(C)(C)OC(=O)N[C@@H](Cc1c[nH]c2ccccc12)c1nc(-c2ccc(OC(F)(F)F)cc2)no1. The highest BCUT2D eigenvalue weighted by molar-refractivity contribution is 5.83.